The predicted octanol–water partition coefficient (Wildman–Crippen LogP) is -0.00310. The van der Waals surface area contributed by atoms with Crippen LogP contribution in [0.25, 0.3) is 0 Å². The van der Waals surface area contributed by atoms with Gasteiger partial charge in [0.2, 0.25) is 5.91 Å². The molecule has 19 heavy (non-hydrogen) atoms. The molecule has 1 amide bonds. The summed E-state index contributed by atoms with van der Waals surface area (Å²) >= 11 is 0. The largest absolute Gasteiger partial charge is 0.368 e. The molecule has 0 aromatic rings. The van der Waals surface area contributed by atoms with Gasteiger partial charge in [0.05, 0.1) is 5.54 Å². The molecule has 1 atom stereocenters. The van der Waals surface area contributed by atoms with Gasteiger partial charge in [0.15, 0.2) is 0 Å². The van der Waals surface area contributed by atoms with E-state index >= 15 is 0 Å². The number of rotatable bonds is 7. The summed E-state index contributed by atoms with van der Waals surface area (Å²) in [6, 6.07) is 0. The number of nitrogens with zero attached hydrogens (tertiary/aromatic N) is 2. The van der Waals surface area contributed by atoms with E-state index in [-0.39, 0.29) is 0 Å². The van der Waals surface area contributed by atoms with Gasteiger partial charge in [-0.1, -0.05) is 0 Å². The fourth-order valence-corrected chi connectivity index (χ4v) is 2.65. The molecule has 1 heterocycles. The fourth-order valence-electron chi connectivity index (χ4n) is 2.65. The Morgan fingerprint density at radius 3 is 2.32 bits per heavy atom. The lowest BCUT2D eigenvalue weighted by Crippen LogP contribution is -2.50. The van der Waals surface area contributed by atoms with E-state index in [0.29, 0.717) is 6.42 Å². The number of carbonyl (C=O) groups excluding carboxylic acids is 1. The van der Waals surface area contributed by atoms with Crippen LogP contribution in [0, 0.1) is 5.92 Å². The topological polar surface area (TPSA) is 75.6 Å². The predicted molar refractivity (Wildman–Crippen MR) is 76.6 cm³/mol. The quantitative estimate of drug-likeness (QED) is 0.681. The molecular formula is C14H28N4O. The summed E-state index contributed by atoms with van der Waals surface area (Å²) in [5, 5.41) is 0. The van der Waals surface area contributed by atoms with Crippen LogP contribution in [0.4, 0.5) is 0 Å². The molecule has 5 nitrogen and oxygen atoms in total. The number of primary amides is 1. The van der Waals surface area contributed by atoms with E-state index in [9.17, 15) is 4.79 Å². The van der Waals surface area contributed by atoms with Gasteiger partial charge in [0.25, 0.3) is 0 Å². The van der Waals surface area contributed by atoms with Crippen molar-refractivity contribution in [3.05, 3.63) is 0 Å². The van der Waals surface area contributed by atoms with Gasteiger partial charge in [-0.2, -0.15) is 0 Å². The van der Waals surface area contributed by atoms with Gasteiger partial charge in [-0.15, -0.1) is 0 Å². The molecule has 1 aliphatic carbocycles. The second kappa shape index (κ2) is 6.20. The number of carbonyl (C=O) groups is 1. The summed E-state index contributed by atoms with van der Waals surface area (Å²) in [5.41, 5.74) is 10.3. The zero-order valence-electron chi connectivity index (χ0n) is 12.1. The lowest BCUT2D eigenvalue weighted by atomic mass is 9.96. The zero-order valence-corrected chi connectivity index (χ0v) is 12.1. The van der Waals surface area contributed by atoms with Crippen LogP contribution in [-0.2, 0) is 4.79 Å². The lowest BCUT2D eigenvalue weighted by Gasteiger charge is -2.35. The molecule has 0 bridgehead atoms. The standard InChI is InChI=1S/C14H28N4O/c1-14(16,13(15)19)5-2-6-17-7-9-18(10-8-17)11-12-3-4-12/h12H,2-11,16H2,1H3,(H2,15,19). The van der Waals surface area contributed by atoms with Crippen LogP contribution in [0.3, 0.4) is 0 Å². The van der Waals surface area contributed by atoms with Crippen molar-refractivity contribution < 1.29 is 4.79 Å². The van der Waals surface area contributed by atoms with Crippen LogP contribution < -0.4 is 11.5 Å². The maximum Gasteiger partial charge on any atom is 0.237 e. The Morgan fingerprint density at radius 2 is 1.79 bits per heavy atom. The van der Waals surface area contributed by atoms with E-state index in [0.717, 1.165) is 32.0 Å². The third kappa shape index (κ3) is 4.75. The molecule has 0 aromatic heterocycles. The highest BCUT2D eigenvalue weighted by Gasteiger charge is 2.27. The average molecular weight is 268 g/mol. The highest BCUT2D eigenvalue weighted by Crippen LogP contribution is 2.29. The van der Waals surface area contributed by atoms with Gasteiger partial charge in [-0.05, 0) is 45.1 Å². The van der Waals surface area contributed by atoms with Crippen molar-refractivity contribution in [2.45, 2.75) is 38.1 Å². The maximum absolute atomic E-state index is 11.1. The van der Waals surface area contributed by atoms with E-state index in [1.807, 2.05) is 0 Å². The van der Waals surface area contributed by atoms with Crippen LogP contribution in [0.2, 0.25) is 0 Å². The first-order valence-corrected chi connectivity index (χ1v) is 7.51. The second-order valence-electron chi connectivity index (χ2n) is 6.47. The lowest BCUT2D eigenvalue weighted by molar-refractivity contribution is -0.122. The molecule has 1 aliphatic heterocycles. The van der Waals surface area contributed by atoms with Crippen molar-refractivity contribution in [2.24, 2.45) is 17.4 Å². The van der Waals surface area contributed by atoms with Crippen molar-refractivity contribution in [3.8, 4) is 0 Å². The Balaban J connectivity index is 1.58. The highest BCUT2D eigenvalue weighted by atomic mass is 16.1. The molecular weight excluding hydrogens is 240 g/mol. The minimum Gasteiger partial charge on any atom is -0.368 e. The van der Waals surface area contributed by atoms with Crippen LogP contribution in [0.15, 0.2) is 0 Å². The van der Waals surface area contributed by atoms with Gasteiger partial charge in [-0.3, -0.25) is 4.79 Å². The number of nitrogens with two attached hydrogens (primary N) is 2. The summed E-state index contributed by atoms with van der Waals surface area (Å²) in [7, 11) is 0. The van der Waals surface area contributed by atoms with Crippen LogP contribution in [0.5, 0.6) is 0 Å². The SMILES string of the molecule is CC(N)(CCCN1CCN(CC2CC2)CC1)C(N)=O. The van der Waals surface area contributed by atoms with E-state index in [4.69, 9.17) is 11.5 Å². The van der Waals surface area contributed by atoms with E-state index in [1.165, 1.54) is 32.5 Å². The zero-order chi connectivity index (χ0) is 13.9. The monoisotopic (exact) mass is 268 g/mol. The van der Waals surface area contributed by atoms with Gasteiger partial charge in [-0.25, -0.2) is 0 Å². The normalized spacial score (nSPS) is 25.2. The Kier molecular flexibility index (Phi) is 4.81. The number of hydrogen-bond acceptors (Lipinski definition) is 4. The van der Waals surface area contributed by atoms with E-state index in [1.54, 1.807) is 6.92 Å². The molecule has 5 heteroatoms. The van der Waals surface area contributed by atoms with Gasteiger partial charge >= 0.3 is 0 Å². The summed E-state index contributed by atoms with van der Waals surface area (Å²) in [6.07, 6.45) is 4.48. The number of piperazine rings is 1. The van der Waals surface area contributed by atoms with Gasteiger partial charge in [0.1, 0.15) is 0 Å². The Morgan fingerprint density at radius 1 is 1.21 bits per heavy atom. The average Bonchev–Trinajstić information content (AvgIpc) is 3.15. The van der Waals surface area contributed by atoms with Crippen molar-refractivity contribution in [3.63, 3.8) is 0 Å². The first-order chi connectivity index (χ1) is 8.97. The van der Waals surface area contributed by atoms with Crippen LogP contribution in [0.1, 0.15) is 32.6 Å². The summed E-state index contributed by atoms with van der Waals surface area (Å²) in [4.78, 5) is 16.2. The molecule has 0 spiro atoms. The van der Waals surface area contributed by atoms with Gasteiger partial charge < -0.3 is 21.3 Å². The number of amides is 1. The Labute approximate surface area is 116 Å². The molecule has 0 aromatic carbocycles. The first-order valence-electron chi connectivity index (χ1n) is 7.51. The molecule has 2 aliphatic rings. The summed E-state index contributed by atoms with van der Waals surface area (Å²) in [6.45, 7) is 8.71. The molecule has 2 fully saturated rings. The Bertz CT molecular complexity index is 307. The fraction of sp³-hybridized carbons (Fsp3) is 0.929. The first kappa shape index (κ1) is 14.8. The van der Waals surface area contributed by atoms with Gasteiger partial charge in [0, 0.05) is 32.7 Å². The summed E-state index contributed by atoms with van der Waals surface area (Å²) in [5.74, 6) is 0.585. The highest BCUT2D eigenvalue weighted by molar-refractivity contribution is 5.83. The van der Waals surface area contributed by atoms with Crippen LogP contribution >= 0.6 is 0 Å². The minimum atomic E-state index is -0.853. The molecule has 110 valence electrons. The van der Waals surface area contributed by atoms with E-state index in [2.05, 4.69) is 9.80 Å². The van der Waals surface area contributed by atoms with Crippen molar-refractivity contribution >= 4 is 5.91 Å². The van der Waals surface area contributed by atoms with Crippen molar-refractivity contribution in [2.75, 3.05) is 39.3 Å². The molecule has 4 N–H and O–H groups in total. The maximum atomic E-state index is 11.1. The van der Waals surface area contributed by atoms with Crippen molar-refractivity contribution in [1.29, 1.82) is 0 Å². The molecule has 1 saturated carbocycles. The second-order valence-corrected chi connectivity index (χ2v) is 6.47. The van der Waals surface area contributed by atoms with Crippen LogP contribution in [-0.4, -0.2) is 60.5 Å². The smallest absolute Gasteiger partial charge is 0.237 e. The van der Waals surface area contributed by atoms with Crippen molar-refractivity contribution in [1.82, 2.24) is 9.80 Å². The molecule has 0 radical (unpaired) electrons. The third-order valence-corrected chi connectivity index (χ3v) is 4.41. The minimum absolute atomic E-state index is 0.401. The molecule has 1 saturated heterocycles. The number of hydrogen-bond donors (Lipinski definition) is 2. The molecule has 1 unspecified atom stereocenters. The summed E-state index contributed by atoms with van der Waals surface area (Å²) < 4.78 is 0. The van der Waals surface area contributed by atoms with E-state index < -0.39 is 11.4 Å². The molecule has 2 rings (SSSR count). The Hall–Kier alpha value is -0.650. The third-order valence-electron chi connectivity index (χ3n) is 4.41.